The Morgan fingerprint density at radius 1 is 0.729 bits per heavy atom. The van der Waals surface area contributed by atoms with E-state index in [0.717, 1.165) is 49.1 Å². The Morgan fingerprint density at radius 2 is 1.44 bits per heavy atom. The van der Waals surface area contributed by atoms with Gasteiger partial charge in [-0.15, -0.1) is 59.7 Å². The molecule has 0 saturated heterocycles. The van der Waals surface area contributed by atoms with Crippen LogP contribution in [0.1, 0.15) is 36.5 Å². The Morgan fingerprint density at radius 3 is 2.10 bits per heavy atom. The fourth-order valence-corrected chi connectivity index (χ4v) is 8.83. The summed E-state index contributed by atoms with van der Waals surface area (Å²) >= 11 is 1.48. The zero-order valence-electron chi connectivity index (χ0n) is 28.4. The van der Waals surface area contributed by atoms with Crippen LogP contribution < -0.4 is 5.19 Å². The van der Waals surface area contributed by atoms with Crippen LogP contribution in [0.5, 0.6) is 0 Å². The third-order valence-corrected chi connectivity index (χ3v) is 11.8. The maximum absolute atomic E-state index is 15.0. The number of benzene rings is 4. The van der Waals surface area contributed by atoms with Crippen molar-refractivity contribution >= 4 is 44.8 Å². The summed E-state index contributed by atoms with van der Waals surface area (Å²) in [6.07, 6.45) is 3.99. The number of rotatable bonds is 5. The van der Waals surface area contributed by atoms with Crippen molar-refractivity contribution in [3.05, 3.63) is 138 Å². The molecule has 4 aromatic carbocycles. The van der Waals surface area contributed by atoms with Gasteiger partial charge < -0.3 is 9.97 Å². The average Bonchev–Trinajstić information content (AvgIpc) is 3.44. The third-order valence-electron chi connectivity index (χ3n) is 8.51. The topological polar surface area (TPSA) is 25.8 Å². The number of hydrogen-bond donors (Lipinski definition) is 0. The van der Waals surface area contributed by atoms with E-state index in [9.17, 15) is 4.39 Å². The molecule has 1 radical (unpaired) electrons. The monoisotopic (exact) mass is 843 g/mol. The molecular weight excluding hydrogens is 804 g/mol. The Hall–Kier alpha value is -3.80. The Labute approximate surface area is 302 Å². The van der Waals surface area contributed by atoms with Crippen LogP contribution in [0.2, 0.25) is 19.6 Å². The Balaban J connectivity index is 0.000000214. The van der Waals surface area contributed by atoms with Gasteiger partial charge in [0.15, 0.2) is 0 Å². The van der Waals surface area contributed by atoms with Crippen molar-refractivity contribution in [3.8, 4) is 33.6 Å². The first kappa shape index (κ1) is 35.5. The molecule has 0 aliphatic rings. The molecule has 0 saturated carbocycles. The van der Waals surface area contributed by atoms with Crippen LogP contribution >= 0.6 is 11.3 Å². The molecule has 7 aromatic rings. The van der Waals surface area contributed by atoms with Crippen molar-refractivity contribution in [2.45, 2.75) is 53.3 Å². The molecule has 2 nitrogen and oxygen atoms in total. The summed E-state index contributed by atoms with van der Waals surface area (Å²) in [7, 11) is -1.27. The zero-order chi connectivity index (χ0) is 33.3. The minimum Gasteiger partial charge on any atom is -0.305 e. The van der Waals surface area contributed by atoms with E-state index in [0.29, 0.717) is 10.6 Å². The summed E-state index contributed by atoms with van der Waals surface area (Å²) in [6, 6.07) is 36.7. The normalized spacial score (nSPS) is 11.4. The number of halogens is 1. The van der Waals surface area contributed by atoms with Crippen LogP contribution in [-0.2, 0) is 20.1 Å². The second kappa shape index (κ2) is 14.8. The molecule has 0 aliphatic heterocycles. The van der Waals surface area contributed by atoms with Gasteiger partial charge >= 0.3 is 0 Å². The van der Waals surface area contributed by atoms with Crippen LogP contribution in [0.25, 0.3) is 53.8 Å². The zero-order valence-corrected chi connectivity index (χ0v) is 32.6. The van der Waals surface area contributed by atoms with Crippen LogP contribution in [-0.4, -0.2) is 18.0 Å². The van der Waals surface area contributed by atoms with Crippen molar-refractivity contribution in [3.63, 3.8) is 0 Å². The van der Waals surface area contributed by atoms with Gasteiger partial charge in [0.25, 0.3) is 0 Å². The number of aromatic nitrogens is 2. The quantitative estimate of drug-likeness (QED) is 0.127. The first-order valence-corrected chi connectivity index (χ1v) is 20.4. The summed E-state index contributed by atoms with van der Waals surface area (Å²) in [4.78, 5) is 9.22. The number of aryl methyl sites for hydroxylation is 2. The molecule has 0 atom stereocenters. The molecule has 245 valence electrons. The van der Waals surface area contributed by atoms with Gasteiger partial charge in [0.05, 0.1) is 12.8 Å². The van der Waals surface area contributed by atoms with Crippen molar-refractivity contribution in [1.82, 2.24) is 9.97 Å². The van der Waals surface area contributed by atoms with E-state index in [-0.39, 0.29) is 25.9 Å². The number of nitrogens with zero attached hydrogens (tertiary/aromatic N) is 2. The molecule has 0 N–H and O–H groups in total. The molecule has 0 amide bonds. The van der Waals surface area contributed by atoms with Crippen LogP contribution in [0, 0.1) is 31.8 Å². The predicted molar refractivity (Wildman–Crippen MR) is 202 cm³/mol. The van der Waals surface area contributed by atoms with Crippen LogP contribution in [0.3, 0.4) is 0 Å². The predicted octanol–water partition coefficient (Wildman–Crippen LogP) is 11.6. The molecule has 0 bridgehead atoms. The van der Waals surface area contributed by atoms with Crippen LogP contribution in [0.4, 0.5) is 4.39 Å². The van der Waals surface area contributed by atoms with Gasteiger partial charge in [0, 0.05) is 32.5 Å². The second-order valence-corrected chi connectivity index (χ2v) is 19.5. The first-order valence-electron chi connectivity index (χ1n) is 16.0. The summed E-state index contributed by atoms with van der Waals surface area (Å²) in [5.74, 6) is 0.254. The first-order chi connectivity index (χ1) is 22.5. The molecule has 3 heterocycles. The van der Waals surface area contributed by atoms with Gasteiger partial charge in [0.2, 0.25) is 0 Å². The molecule has 7 rings (SSSR count). The molecule has 0 unspecified atom stereocenters. The summed E-state index contributed by atoms with van der Waals surface area (Å²) < 4.78 is 16.7. The van der Waals surface area contributed by atoms with E-state index in [1.807, 2.05) is 60.8 Å². The standard InChI is InChI=1S/C27H21FNS.C15H18NSi.Ir/c1-16(2)21-14-25(29-15-17(21)3)19-9-10-26-22(11-19)23-12-20(13-24(28)27(23)30-26)18-7-5-4-6-8-18;1-12-10-14(13-8-6-5-7-9-13)16-11-15(12)17(2,3)4;/h4-8,10-16H,1-3H3;5-8,10-11H,1-4H3;/q2*-1;. The van der Waals surface area contributed by atoms with E-state index in [1.54, 1.807) is 6.07 Å². The van der Waals surface area contributed by atoms with Gasteiger partial charge in [-0.2, -0.15) is 11.3 Å². The van der Waals surface area contributed by atoms with Crippen molar-refractivity contribution in [1.29, 1.82) is 0 Å². The van der Waals surface area contributed by atoms with E-state index in [4.69, 9.17) is 0 Å². The van der Waals surface area contributed by atoms with Gasteiger partial charge in [-0.3, -0.25) is 0 Å². The van der Waals surface area contributed by atoms with Crippen molar-refractivity contribution < 1.29 is 24.5 Å². The molecule has 0 aliphatic carbocycles. The molecule has 0 fully saturated rings. The summed E-state index contributed by atoms with van der Waals surface area (Å²) in [5, 5.41) is 3.44. The van der Waals surface area contributed by atoms with E-state index >= 15 is 0 Å². The molecule has 48 heavy (non-hydrogen) atoms. The summed E-state index contributed by atoms with van der Waals surface area (Å²) in [6.45, 7) is 15.7. The number of fused-ring (bicyclic) bond motifs is 3. The van der Waals surface area contributed by atoms with Gasteiger partial charge in [-0.05, 0) is 80.8 Å². The Kier molecular flexibility index (Phi) is 10.9. The summed E-state index contributed by atoms with van der Waals surface area (Å²) in [5.41, 5.74) is 9.69. The SMILES string of the molecule is Cc1cc(-c2[c-]cccc2)ncc1[Si](C)(C)C.Cc1cnc(-c2[c-]cc3sc4c(F)cc(-c5ccccc5)cc4c3c2)cc1C(C)C.[Ir]. The third kappa shape index (κ3) is 7.58. The van der Waals surface area contributed by atoms with Crippen molar-refractivity contribution in [2.24, 2.45) is 0 Å². The maximum Gasteiger partial charge on any atom is 0.140 e. The fourth-order valence-electron chi connectivity index (χ4n) is 6.08. The number of pyridine rings is 2. The number of hydrogen-bond acceptors (Lipinski definition) is 3. The Bertz CT molecular complexity index is 2190. The van der Waals surface area contributed by atoms with Gasteiger partial charge in [0.1, 0.15) is 5.82 Å². The smallest absolute Gasteiger partial charge is 0.140 e. The van der Waals surface area contributed by atoms with Gasteiger partial charge in [-0.25, -0.2) is 4.39 Å². The number of thiophene rings is 1. The van der Waals surface area contributed by atoms with E-state index < -0.39 is 8.07 Å². The van der Waals surface area contributed by atoms with Crippen molar-refractivity contribution in [2.75, 3.05) is 0 Å². The van der Waals surface area contributed by atoms with Gasteiger partial charge in [-0.1, -0.05) is 86.9 Å². The van der Waals surface area contributed by atoms with E-state index in [1.165, 1.54) is 33.2 Å². The molecule has 0 spiro atoms. The molecular formula is C42H39FIrN2SSi-2. The second-order valence-electron chi connectivity index (χ2n) is 13.4. The average molecular weight is 843 g/mol. The molecule has 6 heteroatoms. The maximum atomic E-state index is 15.0. The van der Waals surface area contributed by atoms with E-state index in [2.05, 4.69) is 106 Å². The van der Waals surface area contributed by atoms with Crippen LogP contribution in [0.15, 0.2) is 103 Å². The minimum atomic E-state index is -1.27. The molecule has 3 aromatic heterocycles. The largest absolute Gasteiger partial charge is 0.305 e. The fraction of sp³-hybridized carbons (Fsp3) is 0.190. The minimum absolute atomic E-state index is 0.